The molecule has 100 valence electrons. The highest BCUT2D eigenvalue weighted by molar-refractivity contribution is 4.94. The van der Waals surface area contributed by atoms with E-state index < -0.39 is 0 Å². The number of nitrogens with zero attached hydrogens (tertiary/aromatic N) is 1. The molecule has 0 spiro atoms. The van der Waals surface area contributed by atoms with E-state index in [1.54, 1.807) is 0 Å². The van der Waals surface area contributed by atoms with Crippen molar-refractivity contribution in [1.82, 2.24) is 10.2 Å². The van der Waals surface area contributed by atoms with Gasteiger partial charge in [0.2, 0.25) is 0 Å². The molecule has 2 aliphatic rings. The SMILES string of the molecule is CCNCC(C)(C)CN1CC2CCC(O)C2C1. The zero-order valence-corrected chi connectivity index (χ0v) is 11.6. The number of likely N-dealkylation sites (tertiary alicyclic amines) is 1. The van der Waals surface area contributed by atoms with E-state index in [1.807, 2.05) is 0 Å². The first kappa shape index (κ1) is 13.3. The Morgan fingerprint density at radius 3 is 2.71 bits per heavy atom. The van der Waals surface area contributed by atoms with E-state index in [-0.39, 0.29) is 6.10 Å². The van der Waals surface area contributed by atoms with Gasteiger partial charge in [0, 0.05) is 32.1 Å². The van der Waals surface area contributed by atoms with Gasteiger partial charge in [-0.3, -0.25) is 0 Å². The van der Waals surface area contributed by atoms with Gasteiger partial charge in [0.1, 0.15) is 0 Å². The molecular weight excluding hydrogens is 212 g/mol. The van der Waals surface area contributed by atoms with Crippen LogP contribution in [0, 0.1) is 17.3 Å². The number of hydrogen-bond acceptors (Lipinski definition) is 3. The second kappa shape index (κ2) is 5.25. The normalized spacial score (nSPS) is 34.2. The van der Waals surface area contributed by atoms with Gasteiger partial charge in [-0.05, 0) is 30.7 Å². The van der Waals surface area contributed by atoms with Crippen LogP contribution in [0.2, 0.25) is 0 Å². The third-order valence-electron chi connectivity index (χ3n) is 4.40. The maximum Gasteiger partial charge on any atom is 0.0583 e. The Kier molecular flexibility index (Phi) is 4.11. The van der Waals surface area contributed by atoms with Gasteiger partial charge >= 0.3 is 0 Å². The van der Waals surface area contributed by atoms with Gasteiger partial charge in [0.25, 0.3) is 0 Å². The number of nitrogens with one attached hydrogen (secondary N) is 1. The van der Waals surface area contributed by atoms with Crippen molar-refractivity contribution in [3.63, 3.8) is 0 Å². The molecule has 3 nitrogen and oxygen atoms in total. The van der Waals surface area contributed by atoms with Gasteiger partial charge in [-0.25, -0.2) is 0 Å². The number of aliphatic hydroxyl groups is 1. The molecule has 0 radical (unpaired) electrons. The van der Waals surface area contributed by atoms with Crippen LogP contribution in [-0.2, 0) is 0 Å². The van der Waals surface area contributed by atoms with E-state index >= 15 is 0 Å². The fourth-order valence-electron chi connectivity index (χ4n) is 3.58. The first-order valence-corrected chi connectivity index (χ1v) is 7.13. The zero-order chi connectivity index (χ0) is 12.5. The third kappa shape index (κ3) is 3.21. The minimum atomic E-state index is -0.0260. The molecule has 17 heavy (non-hydrogen) atoms. The number of aliphatic hydroxyl groups excluding tert-OH is 1. The molecule has 0 aromatic carbocycles. The van der Waals surface area contributed by atoms with Crippen molar-refractivity contribution < 1.29 is 5.11 Å². The Labute approximate surface area is 106 Å². The summed E-state index contributed by atoms with van der Waals surface area (Å²) in [6.45, 7) is 12.4. The highest BCUT2D eigenvalue weighted by Gasteiger charge is 2.42. The van der Waals surface area contributed by atoms with Crippen molar-refractivity contribution in [2.45, 2.75) is 39.7 Å². The van der Waals surface area contributed by atoms with Crippen LogP contribution in [0.4, 0.5) is 0 Å². The maximum absolute atomic E-state index is 9.92. The van der Waals surface area contributed by atoms with E-state index in [2.05, 4.69) is 31.0 Å². The monoisotopic (exact) mass is 240 g/mol. The maximum atomic E-state index is 9.92. The number of fused-ring (bicyclic) bond motifs is 1. The molecule has 3 atom stereocenters. The van der Waals surface area contributed by atoms with Gasteiger partial charge in [0.05, 0.1) is 6.10 Å². The Bertz CT molecular complexity index is 255. The lowest BCUT2D eigenvalue weighted by atomic mass is 9.92. The van der Waals surface area contributed by atoms with Crippen LogP contribution >= 0.6 is 0 Å². The highest BCUT2D eigenvalue weighted by atomic mass is 16.3. The van der Waals surface area contributed by atoms with Gasteiger partial charge in [-0.1, -0.05) is 20.8 Å². The van der Waals surface area contributed by atoms with Gasteiger partial charge in [-0.2, -0.15) is 0 Å². The second-order valence-corrected chi connectivity index (χ2v) is 6.71. The van der Waals surface area contributed by atoms with Crippen LogP contribution in [-0.4, -0.2) is 48.8 Å². The van der Waals surface area contributed by atoms with E-state index in [1.165, 1.54) is 13.0 Å². The first-order chi connectivity index (χ1) is 8.02. The molecule has 0 amide bonds. The minimum Gasteiger partial charge on any atom is -0.393 e. The molecule has 3 unspecified atom stereocenters. The van der Waals surface area contributed by atoms with E-state index in [0.717, 1.165) is 38.5 Å². The fourth-order valence-corrected chi connectivity index (χ4v) is 3.58. The highest BCUT2D eigenvalue weighted by Crippen LogP contribution is 2.38. The Morgan fingerprint density at radius 1 is 1.29 bits per heavy atom. The van der Waals surface area contributed by atoms with Crippen LogP contribution in [0.25, 0.3) is 0 Å². The fraction of sp³-hybridized carbons (Fsp3) is 1.00. The Morgan fingerprint density at radius 2 is 2.06 bits per heavy atom. The molecule has 3 heteroatoms. The summed E-state index contributed by atoms with van der Waals surface area (Å²) in [6, 6.07) is 0. The Hall–Kier alpha value is -0.120. The predicted octanol–water partition coefficient (Wildman–Crippen LogP) is 1.32. The molecule has 1 heterocycles. The predicted molar refractivity (Wildman–Crippen MR) is 71.0 cm³/mol. The molecule has 1 saturated carbocycles. The molecule has 2 rings (SSSR count). The largest absolute Gasteiger partial charge is 0.393 e. The molecule has 1 aliphatic carbocycles. The van der Waals surface area contributed by atoms with E-state index in [0.29, 0.717) is 11.3 Å². The van der Waals surface area contributed by atoms with E-state index in [4.69, 9.17) is 0 Å². The summed E-state index contributed by atoms with van der Waals surface area (Å²) in [5.41, 5.74) is 0.333. The summed E-state index contributed by atoms with van der Waals surface area (Å²) < 4.78 is 0. The lowest BCUT2D eigenvalue weighted by Crippen LogP contribution is -2.40. The van der Waals surface area contributed by atoms with Crippen LogP contribution in [0.3, 0.4) is 0 Å². The smallest absolute Gasteiger partial charge is 0.0583 e. The topological polar surface area (TPSA) is 35.5 Å². The quantitative estimate of drug-likeness (QED) is 0.761. The Balaban J connectivity index is 1.81. The van der Waals surface area contributed by atoms with Crippen molar-refractivity contribution in [2.75, 3.05) is 32.7 Å². The number of hydrogen-bond donors (Lipinski definition) is 2. The van der Waals surface area contributed by atoms with Gasteiger partial charge < -0.3 is 15.3 Å². The van der Waals surface area contributed by atoms with Crippen molar-refractivity contribution >= 4 is 0 Å². The second-order valence-electron chi connectivity index (χ2n) is 6.71. The van der Waals surface area contributed by atoms with E-state index in [9.17, 15) is 5.11 Å². The average molecular weight is 240 g/mol. The molecule has 1 aliphatic heterocycles. The zero-order valence-electron chi connectivity index (χ0n) is 11.6. The van der Waals surface area contributed by atoms with Crippen LogP contribution in [0.5, 0.6) is 0 Å². The van der Waals surface area contributed by atoms with Gasteiger partial charge in [-0.15, -0.1) is 0 Å². The standard InChI is InChI=1S/C14H28N2O/c1-4-15-9-14(2,3)10-16-7-11-5-6-13(17)12(11)8-16/h11-13,15,17H,4-10H2,1-3H3. The number of rotatable bonds is 5. The van der Waals surface area contributed by atoms with Crippen molar-refractivity contribution in [2.24, 2.45) is 17.3 Å². The van der Waals surface area contributed by atoms with Gasteiger partial charge in [0.15, 0.2) is 0 Å². The van der Waals surface area contributed by atoms with Crippen molar-refractivity contribution in [1.29, 1.82) is 0 Å². The van der Waals surface area contributed by atoms with Crippen molar-refractivity contribution in [3.05, 3.63) is 0 Å². The molecule has 0 aromatic heterocycles. The summed E-state index contributed by atoms with van der Waals surface area (Å²) in [4.78, 5) is 2.56. The lowest BCUT2D eigenvalue weighted by molar-refractivity contribution is 0.117. The molecule has 2 fully saturated rings. The molecular formula is C14H28N2O. The minimum absolute atomic E-state index is 0.0260. The molecule has 2 N–H and O–H groups in total. The lowest BCUT2D eigenvalue weighted by Gasteiger charge is -2.31. The van der Waals surface area contributed by atoms with Crippen molar-refractivity contribution in [3.8, 4) is 0 Å². The summed E-state index contributed by atoms with van der Waals surface area (Å²) in [5.74, 6) is 1.32. The molecule has 0 bridgehead atoms. The average Bonchev–Trinajstić information content (AvgIpc) is 2.78. The van der Waals surface area contributed by atoms with Crippen LogP contribution in [0.1, 0.15) is 33.6 Å². The van der Waals surface area contributed by atoms with Crippen LogP contribution in [0.15, 0.2) is 0 Å². The first-order valence-electron chi connectivity index (χ1n) is 7.13. The molecule has 0 aromatic rings. The third-order valence-corrected chi connectivity index (χ3v) is 4.40. The van der Waals surface area contributed by atoms with Crippen LogP contribution < -0.4 is 5.32 Å². The summed E-state index contributed by atoms with van der Waals surface area (Å²) >= 11 is 0. The molecule has 1 saturated heterocycles. The summed E-state index contributed by atoms with van der Waals surface area (Å²) in [5, 5.41) is 13.4. The summed E-state index contributed by atoms with van der Waals surface area (Å²) in [7, 11) is 0. The summed E-state index contributed by atoms with van der Waals surface area (Å²) in [6.07, 6.45) is 2.24.